The van der Waals surface area contributed by atoms with Crippen molar-refractivity contribution in [3.05, 3.63) is 24.4 Å². The number of pyridine rings is 1. The van der Waals surface area contributed by atoms with Gasteiger partial charge in [-0.1, -0.05) is 0 Å². The standard InChI is InChI=1S/C12H13NO3/c1-14-9-7-10(15-2)12(16-3)8-5-4-6-13-11(8)9/h4-7H,1-3H3. The molecule has 0 aliphatic heterocycles. The number of rotatable bonds is 3. The van der Waals surface area contributed by atoms with Crippen LogP contribution in [-0.2, 0) is 0 Å². The van der Waals surface area contributed by atoms with E-state index in [0.717, 1.165) is 10.9 Å². The highest BCUT2D eigenvalue weighted by Crippen LogP contribution is 2.39. The van der Waals surface area contributed by atoms with Gasteiger partial charge in [0.2, 0.25) is 0 Å². The van der Waals surface area contributed by atoms with Crippen LogP contribution in [0, 0.1) is 0 Å². The number of methoxy groups -OCH3 is 3. The quantitative estimate of drug-likeness (QED) is 0.794. The number of aromatic nitrogens is 1. The molecule has 0 unspecified atom stereocenters. The van der Waals surface area contributed by atoms with Crippen molar-refractivity contribution in [3.8, 4) is 17.2 Å². The monoisotopic (exact) mass is 219 g/mol. The number of benzene rings is 1. The van der Waals surface area contributed by atoms with Crippen LogP contribution >= 0.6 is 0 Å². The zero-order chi connectivity index (χ0) is 11.5. The fraction of sp³-hybridized carbons (Fsp3) is 0.250. The van der Waals surface area contributed by atoms with Gasteiger partial charge in [0.25, 0.3) is 0 Å². The molecule has 0 bridgehead atoms. The smallest absolute Gasteiger partial charge is 0.170 e. The maximum absolute atomic E-state index is 5.33. The molecule has 1 aromatic carbocycles. The fourth-order valence-electron chi connectivity index (χ4n) is 1.69. The van der Waals surface area contributed by atoms with Crippen molar-refractivity contribution >= 4 is 10.9 Å². The Hall–Kier alpha value is -1.97. The van der Waals surface area contributed by atoms with Gasteiger partial charge in [0.1, 0.15) is 11.3 Å². The maximum atomic E-state index is 5.33. The number of nitrogens with zero attached hydrogens (tertiary/aromatic N) is 1. The van der Waals surface area contributed by atoms with Crippen molar-refractivity contribution < 1.29 is 14.2 Å². The Kier molecular flexibility index (Phi) is 2.81. The van der Waals surface area contributed by atoms with Gasteiger partial charge in [-0.15, -0.1) is 0 Å². The Labute approximate surface area is 93.8 Å². The van der Waals surface area contributed by atoms with Gasteiger partial charge < -0.3 is 14.2 Å². The third kappa shape index (κ3) is 1.52. The van der Waals surface area contributed by atoms with Gasteiger partial charge in [-0.25, -0.2) is 0 Å². The van der Waals surface area contributed by atoms with E-state index in [1.165, 1.54) is 0 Å². The summed E-state index contributed by atoms with van der Waals surface area (Å²) in [6, 6.07) is 5.55. The molecule has 0 saturated carbocycles. The summed E-state index contributed by atoms with van der Waals surface area (Å²) in [4.78, 5) is 4.28. The molecule has 0 saturated heterocycles. The van der Waals surface area contributed by atoms with Crippen LogP contribution in [0.1, 0.15) is 0 Å². The van der Waals surface area contributed by atoms with Crippen LogP contribution in [0.5, 0.6) is 17.2 Å². The lowest BCUT2D eigenvalue weighted by atomic mass is 10.1. The first-order chi connectivity index (χ1) is 7.81. The molecule has 0 aliphatic rings. The lowest BCUT2D eigenvalue weighted by Gasteiger charge is -2.12. The molecule has 1 aromatic heterocycles. The molecule has 0 N–H and O–H groups in total. The molecular formula is C12H13NO3. The number of hydrogen-bond acceptors (Lipinski definition) is 4. The molecule has 4 nitrogen and oxygen atoms in total. The number of hydrogen-bond donors (Lipinski definition) is 0. The van der Waals surface area contributed by atoms with Crippen molar-refractivity contribution in [1.29, 1.82) is 0 Å². The molecule has 84 valence electrons. The number of ether oxygens (including phenoxy) is 3. The van der Waals surface area contributed by atoms with Crippen molar-refractivity contribution in [2.75, 3.05) is 21.3 Å². The van der Waals surface area contributed by atoms with E-state index < -0.39 is 0 Å². The third-order valence-electron chi connectivity index (χ3n) is 2.42. The van der Waals surface area contributed by atoms with Crippen molar-refractivity contribution in [2.24, 2.45) is 0 Å². The molecular weight excluding hydrogens is 206 g/mol. The molecule has 4 heteroatoms. The zero-order valence-electron chi connectivity index (χ0n) is 9.48. The first-order valence-electron chi connectivity index (χ1n) is 4.85. The first-order valence-corrected chi connectivity index (χ1v) is 4.85. The van der Waals surface area contributed by atoms with Gasteiger partial charge in [0.15, 0.2) is 11.5 Å². The Morgan fingerprint density at radius 2 is 1.75 bits per heavy atom. The highest BCUT2D eigenvalue weighted by atomic mass is 16.5. The van der Waals surface area contributed by atoms with Crippen molar-refractivity contribution in [3.63, 3.8) is 0 Å². The van der Waals surface area contributed by atoms with Gasteiger partial charge in [0.05, 0.1) is 21.3 Å². The summed E-state index contributed by atoms with van der Waals surface area (Å²) in [5.41, 5.74) is 0.766. The van der Waals surface area contributed by atoms with Gasteiger partial charge >= 0.3 is 0 Å². The zero-order valence-corrected chi connectivity index (χ0v) is 9.48. The number of fused-ring (bicyclic) bond motifs is 1. The topological polar surface area (TPSA) is 40.6 Å². The second-order valence-electron chi connectivity index (χ2n) is 3.21. The summed E-state index contributed by atoms with van der Waals surface area (Å²) in [7, 11) is 4.81. The van der Waals surface area contributed by atoms with Crippen LogP contribution in [-0.4, -0.2) is 26.3 Å². The molecule has 0 spiro atoms. The highest BCUT2D eigenvalue weighted by Gasteiger charge is 2.14. The average molecular weight is 219 g/mol. The van der Waals surface area contributed by atoms with Crippen molar-refractivity contribution in [2.45, 2.75) is 0 Å². The van der Waals surface area contributed by atoms with E-state index >= 15 is 0 Å². The second kappa shape index (κ2) is 4.26. The van der Waals surface area contributed by atoms with E-state index in [9.17, 15) is 0 Å². The molecule has 0 atom stereocenters. The minimum atomic E-state index is 0.639. The molecule has 1 heterocycles. The predicted molar refractivity (Wildman–Crippen MR) is 61.4 cm³/mol. The summed E-state index contributed by atoms with van der Waals surface area (Å²) in [5.74, 6) is 1.99. The highest BCUT2D eigenvalue weighted by molar-refractivity contribution is 5.92. The molecule has 0 radical (unpaired) electrons. The minimum absolute atomic E-state index is 0.639. The molecule has 0 fully saturated rings. The van der Waals surface area contributed by atoms with Gasteiger partial charge in [-0.2, -0.15) is 0 Å². The van der Waals surface area contributed by atoms with Crippen LogP contribution in [0.4, 0.5) is 0 Å². The lowest BCUT2D eigenvalue weighted by Crippen LogP contribution is -1.95. The van der Waals surface area contributed by atoms with E-state index in [4.69, 9.17) is 14.2 Å². The molecule has 16 heavy (non-hydrogen) atoms. The van der Waals surface area contributed by atoms with Crippen LogP contribution in [0.15, 0.2) is 24.4 Å². The maximum Gasteiger partial charge on any atom is 0.170 e. The lowest BCUT2D eigenvalue weighted by molar-refractivity contribution is 0.353. The Morgan fingerprint density at radius 1 is 1.00 bits per heavy atom. The molecule has 2 rings (SSSR count). The Bertz CT molecular complexity index is 511. The summed E-state index contributed by atoms with van der Waals surface area (Å²) in [5, 5.41) is 0.876. The van der Waals surface area contributed by atoms with E-state index in [1.807, 2.05) is 12.1 Å². The summed E-state index contributed by atoms with van der Waals surface area (Å²) < 4.78 is 15.9. The molecule has 0 amide bonds. The van der Waals surface area contributed by atoms with Crippen molar-refractivity contribution in [1.82, 2.24) is 4.98 Å². The first kappa shape index (κ1) is 10.5. The van der Waals surface area contributed by atoms with E-state index in [-0.39, 0.29) is 0 Å². The SMILES string of the molecule is COc1cc(OC)c2ncccc2c1OC. The van der Waals surface area contributed by atoms with Crippen LogP contribution in [0.25, 0.3) is 10.9 Å². The van der Waals surface area contributed by atoms with E-state index in [0.29, 0.717) is 17.2 Å². The predicted octanol–water partition coefficient (Wildman–Crippen LogP) is 2.26. The second-order valence-corrected chi connectivity index (χ2v) is 3.21. The molecule has 0 aliphatic carbocycles. The van der Waals surface area contributed by atoms with E-state index in [1.54, 1.807) is 33.6 Å². The van der Waals surface area contributed by atoms with Crippen LogP contribution in [0.2, 0.25) is 0 Å². The van der Waals surface area contributed by atoms with Crippen LogP contribution < -0.4 is 14.2 Å². The van der Waals surface area contributed by atoms with Gasteiger partial charge in [-0.05, 0) is 12.1 Å². The normalized spacial score (nSPS) is 10.2. The Morgan fingerprint density at radius 3 is 2.38 bits per heavy atom. The summed E-state index contributed by atoms with van der Waals surface area (Å²) in [6.07, 6.45) is 1.72. The Balaban J connectivity index is 2.83. The molecule has 2 aromatic rings. The third-order valence-corrected chi connectivity index (χ3v) is 2.42. The van der Waals surface area contributed by atoms with Crippen LogP contribution in [0.3, 0.4) is 0 Å². The van der Waals surface area contributed by atoms with Gasteiger partial charge in [0, 0.05) is 17.6 Å². The van der Waals surface area contributed by atoms with E-state index in [2.05, 4.69) is 4.98 Å². The fourth-order valence-corrected chi connectivity index (χ4v) is 1.69. The summed E-state index contributed by atoms with van der Waals surface area (Å²) >= 11 is 0. The largest absolute Gasteiger partial charge is 0.494 e. The van der Waals surface area contributed by atoms with Gasteiger partial charge in [-0.3, -0.25) is 4.98 Å². The average Bonchev–Trinajstić information content (AvgIpc) is 2.36. The summed E-state index contributed by atoms with van der Waals surface area (Å²) in [6.45, 7) is 0. The minimum Gasteiger partial charge on any atom is -0.494 e.